The van der Waals surface area contributed by atoms with E-state index in [1.165, 1.54) is 32.2 Å². The third kappa shape index (κ3) is 3.81. The van der Waals surface area contributed by atoms with Crippen LogP contribution >= 0.6 is 0 Å². The first-order chi connectivity index (χ1) is 9.70. The molecule has 2 heterocycles. The maximum Gasteiger partial charge on any atom is 0.151 e. The second-order valence-corrected chi connectivity index (χ2v) is 6.47. The number of likely N-dealkylation sites (N-methyl/N-ethyl adjacent to an activating group) is 1. The second-order valence-electron chi connectivity index (χ2n) is 6.47. The smallest absolute Gasteiger partial charge is 0.151 e. The molecule has 20 heavy (non-hydrogen) atoms. The molecule has 1 aliphatic heterocycles. The largest absolute Gasteiger partial charge is 0.360 e. The first-order valence-corrected chi connectivity index (χ1v) is 7.77. The molecule has 1 unspecified atom stereocenters. The van der Waals surface area contributed by atoms with Crippen molar-refractivity contribution in [2.75, 3.05) is 27.2 Å². The molecule has 1 aliphatic carbocycles. The molecule has 1 atom stereocenters. The van der Waals surface area contributed by atoms with Gasteiger partial charge in [0, 0.05) is 31.2 Å². The van der Waals surface area contributed by atoms with Crippen LogP contribution in [0.15, 0.2) is 10.6 Å². The van der Waals surface area contributed by atoms with Crippen molar-refractivity contribution >= 4 is 0 Å². The topological polar surface area (TPSA) is 44.5 Å². The molecule has 0 spiro atoms. The summed E-state index contributed by atoms with van der Waals surface area (Å²) in [7, 11) is 4.29. The fourth-order valence-corrected chi connectivity index (χ4v) is 2.98. The molecule has 2 aliphatic rings. The summed E-state index contributed by atoms with van der Waals surface area (Å²) in [5, 5.41) is 7.64. The van der Waals surface area contributed by atoms with Crippen LogP contribution in [0.25, 0.3) is 0 Å². The summed E-state index contributed by atoms with van der Waals surface area (Å²) in [4.78, 5) is 4.80. The standard InChI is InChI=1S/C15H26N4O/c1-18(2)10-14-4-3-7-19(14)11-15-8-13(17-20-15)9-16-12-5-6-12/h8,12,14,16H,3-7,9-11H2,1-2H3. The summed E-state index contributed by atoms with van der Waals surface area (Å²) in [5.74, 6) is 1.00. The molecule has 1 aromatic rings. The molecule has 0 radical (unpaired) electrons. The Balaban J connectivity index is 1.51. The van der Waals surface area contributed by atoms with Crippen LogP contribution in [0.1, 0.15) is 37.1 Å². The lowest BCUT2D eigenvalue weighted by atomic mass is 10.2. The molecular formula is C15H26N4O. The highest BCUT2D eigenvalue weighted by Gasteiger charge is 2.26. The van der Waals surface area contributed by atoms with E-state index in [2.05, 4.69) is 40.4 Å². The van der Waals surface area contributed by atoms with Gasteiger partial charge < -0.3 is 14.7 Å². The van der Waals surface area contributed by atoms with Crippen LogP contribution in [-0.4, -0.2) is 54.2 Å². The Morgan fingerprint density at radius 3 is 3.00 bits per heavy atom. The van der Waals surface area contributed by atoms with Gasteiger partial charge in [0.15, 0.2) is 5.76 Å². The summed E-state index contributed by atoms with van der Waals surface area (Å²) >= 11 is 0. The Morgan fingerprint density at radius 1 is 1.40 bits per heavy atom. The van der Waals surface area contributed by atoms with Crippen molar-refractivity contribution < 1.29 is 4.52 Å². The van der Waals surface area contributed by atoms with Crippen LogP contribution in [0.2, 0.25) is 0 Å². The average Bonchev–Trinajstić information content (AvgIpc) is 2.98. The van der Waals surface area contributed by atoms with Gasteiger partial charge in [0.1, 0.15) is 0 Å². The van der Waals surface area contributed by atoms with Crippen molar-refractivity contribution in [1.82, 2.24) is 20.3 Å². The van der Waals surface area contributed by atoms with E-state index in [9.17, 15) is 0 Å². The Bertz CT molecular complexity index is 427. The van der Waals surface area contributed by atoms with Crippen molar-refractivity contribution in [3.63, 3.8) is 0 Å². The highest BCUT2D eigenvalue weighted by Crippen LogP contribution is 2.22. The molecule has 1 aromatic heterocycles. The monoisotopic (exact) mass is 278 g/mol. The molecule has 0 bridgehead atoms. The quantitative estimate of drug-likeness (QED) is 0.818. The molecule has 112 valence electrons. The third-order valence-corrected chi connectivity index (χ3v) is 4.19. The molecular weight excluding hydrogens is 252 g/mol. The van der Waals surface area contributed by atoms with Gasteiger partial charge >= 0.3 is 0 Å². The summed E-state index contributed by atoms with van der Waals surface area (Å²) in [6.07, 6.45) is 5.21. The van der Waals surface area contributed by atoms with E-state index in [0.717, 1.165) is 37.1 Å². The van der Waals surface area contributed by atoms with Crippen molar-refractivity contribution in [3.05, 3.63) is 17.5 Å². The van der Waals surface area contributed by atoms with E-state index in [4.69, 9.17) is 4.52 Å². The van der Waals surface area contributed by atoms with Crippen molar-refractivity contribution in [1.29, 1.82) is 0 Å². The fraction of sp³-hybridized carbons (Fsp3) is 0.800. The van der Waals surface area contributed by atoms with E-state index >= 15 is 0 Å². The van der Waals surface area contributed by atoms with Gasteiger partial charge in [0.2, 0.25) is 0 Å². The van der Waals surface area contributed by atoms with Gasteiger partial charge in [-0.1, -0.05) is 5.16 Å². The minimum absolute atomic E-state index is 0.656. The number of nitrogens with one attached hydrogen (secondary N) is 1. The molecule has 1 saturated heterocycles. The molecule has 1 N–H and O–H groups in total. The molecule has 5 nitrogen and oxygen atoms in total. The lowest BCUT2D eigenvalue weighted by Crippen LogP contribution is -2.36. The predicted molar refractivity (Wildman–Crippen MR) is 78.4 cm³/mol. The number of nitrogens with zero attached hydrogens (tertiary/aromatic N) is 3. The number of aromatic nitrogens is 1. The molecule has 3 rings (SSSR count). The zero-order valence-electron chi connectivity index (χ0n) is 12.6. The van der Waals surface area contributed by atoms with Gasteiger partial charge in [-0.15, -0.1) is 0 Å². The zero-order valence-corrected chi connectivity index (χ0v) is 12.6. The van der Waals surface area contributed by atoms with E-state index in [0.29, 0.717) is 6.04 Å². The Kier molecular flexibility index (Phi) is 4.38. The van der Waals surface area contributed by atoms with E-state index in [-0.39, 0.29) is 0 Å². The van der Waals surface area contributed by atoms with Crippen molar-refractivity contribution in [2.24, 2.45) is 0 Å². The molecule has 0 aromatic carbocycles. The van der Waals surface area contributed by atoms with Gasteiger partial charge in [-0.05, 0) is 46.3 Å². The average molecular weight is 278 g/mol. The summed E-state index contributed by atoms with van der Waals surface area (Å²) in [5.41, 5.74) is 1.04. The minimum atomic E-state index is 0.656. The Hall–Kier alpha value is -0.910. The highest BCUT2D eigenvalue weighted by molar-refractivity contribution is 5.06. The zero-order chi connectivity index (χ0) is 13.9. The molecule has 1 saturated carbocycles. The normalized spacial score (nSPS) is 23.9. The maximum absolute atomic E-state index is 5.49. The predicted octanol–water partition coefficient (Wildman–Crippen LogP) is 1.45. The number of rotatable bonds is 7. The molecule has 2 fully saturated rings. The van der Waals surface area contributed by atoms with E-state index < -0.39 is 0 Å². The third-order valence-electron chi connectivity index (χ3n) is 4.19. The second kappa shape index (κ2) is 6.24. The summed E-state index contributed by atoms with van der Waals surface area (Å²) in [6, 6.07) is 3.49. The van der Waals surface area contributed by atoms with E-state index in [1.807, 2.05) is 0 Å². The van der Waals surface area contributed by atoms with Crippen LogP contribution in [0, 0.1) is 0 Å². The Labute approximate surface area is 121 Å². The van der Waals surface area contributed by atoms with Gasteiger partial charge in [-0.3, -0.25) is 4.90 Å². The number of likely N-dealkylation sites (tertiary alicyclic amines) is 1. The van der Waals surface area contributed by atoms with Gasteiger partial charge in [0.25, 0.3) is 0 Å². The molecule has 5 heteroatoms. The van der Waals surface area contributed by atoms with Crippen LogP contribution in [0.3, 0.4) is 0 Å². The van der Waals surface area contributed by atoms with Crippen LogP contribution < -0.4 is 5.32 Å². The van der Waals surface area contributed by atoms with E-state index in [1.54, 1.807) is 0 Å². The summed E-state index contributed by atoms with van der Waals surface area (Å²) < 4.78 is 5.49. The first-order valence-electron chi connectivity index (χ1n) is 7.77. The Morgan fingerprint density at radius 2 is 2.25 bits per heavy atom. The lowest BCUT2D eigenvalue weighted by molar-refractivity contribution is 0.182. The highest BCUT2D eigenvalue weighted by atomic mass is 16.5. The van der Waals surface area contributed by atoms with Gasteiger partial charge in [0.05, 0.1) is 12.2 Å². The molecule has 0 amide bonds. The summed E-state index contributed by atoms with van der Waals surface area (Å²) in [6.45, 7) is 4.04. The van der Waals surface area contributed by atoms with Crippen molar-refractivity contribution in [2.45, 2.75) is 50.9 Å². The van der Waals surface area contributed by atoms with Crippen LogP contribution in [0.4, 0.5) is 0 Å². The van der Waals surface area contributed by atoms with Gasteiger partial charge in [-0.2, -0.15) is 0 Å². The SMILES string of the molecule is CN(C)CC1CCCN1Cc1cc(CNC2CC2)no1. The minimum Gasteiger partial charge on any atom is -0.360 e. The van der Waals surface area contributed by atoms with Crippen molar-refractivity contribution in [3.8, 4) is 0 Å². The number of hydrogen-bond donors (Lipinski definition) is 1. The number of hydrogen-bond acceptors (Lipinski definition) is 5. The first kappa shape index (κ1) is 14.0. The van der Waals surface area contributed by atoms with Gasteiger partial charge in [-0.25, -0.2) is 0 Å². The lowest BCUT2D eigenvalue weighted by Gasteiger charge is -2.25. The fourth-order valence-electron chi connectivity index (χ4n) is 2.98. The maximum atomic E-state index is 5.49. The van der Waals surface area contributed by atoms with Crippen LogP contribution in [-0.2, 0) is 13.1 Å². The van der Waals surface area contributed by atoms with Crippen LogP contribution in [0.5, 0.6) is 0 Å².